The Hall–Kier alpha value is -2.75. The minimum Gasteiger partial charge on any atom is -0.494 e. The van der Waals surface area contributed by atoms with Gasteiger partial charge in [0.2, 0.25) is 5.91 Å². The third-order valence-electron chi connectivity index (χ3n) is 5.56. The van der Waals surface area contributed by atoms with Gasteiger partial charge < -0.3 is 15.0 Å². The van der Waals surface area contributed by atoms with E-state index in [0.29, 0.717) is 13.2 Å². The predicted molar refractivity (Wildman–Crippen MR) is 104 cm³/mol. The van der Waals surface area contributed by atoms with Crippen LogP contribution in [0.15, 0.2) is 54.6 Å². The molecule has 0 bridgehead atoms. The molecule has 4 heteroatoms. The first kappa shape index (κ1) is 16.7. The van der Waals surface area contributed by atoms with E-state index in [9.17, 15) is 4.79 Å². The van der Waals surface area contributed by atoms with Crippen molar-refractivity contribution in [2.24, 2.45) is 0 Å². The average Bonchev–Trinajstić information content (AvgIpc) is 3.06. The molecule has 134 valence electrons. The monoisotopic (exact) mass is 348 g/mol. The van der Waals surface area contributed by atoms with Crippen molar-refractivity contribution in [2.75, 3.05) is 18.1 Å². The average molecular weight is 348 g/mol. The lowest BCUT2D eigenvalue weighted by molar-refractivity contribution is -0.118. The van der Waals surface area contributed by atoms with Gasteiger partial charge in [-0.2, -0.15) is 0 Å². The highest BCUT2D eigenvalue weighted by Crippen LogP contribution is 2.52. The molecule has 0 radical (unpaired) electrons. The molecule has 4 rings (SSSR count). The Kier molecular flexibility index (Phi) is 3.79. The van der Waals surface area contributed by atoms with Crippen LogP contribution in [0.1, 0.15) is 31.9 Å². The normalized spacial score (nSPS) is 23.0. The van der Waals surface area contributed by atoms with Crippen molar-refractivity contribution in [2.45, 2.75) is 31.8 Å². The van der Waals surface area contributed by atoms with Crippen molar-refractivity contribution in [1.29, 1.82) is 0 Å². The van der Waals surface area contributed by atoms with Crippen LogP contribution in [0.2, 0.25) is 0 Å². The van der Waals surface area contributed by atoms with Gasteiger partial charge in [-0.1, -0.05) is 50.3 Å². The summed E-state index contributed by atoms with van der Waals surface area (Å²) in [6.45, 7) is 7.38. The zero-order chi connectivity index (χ0) is 18.4. The summed E-state index contributed by atoms with van der Waals surface area (Å²) in [4.78, 5) is 14.5. The Morgan fingerprint density at radius 3 is 2.81 bits per heavy atom. The molecule has 0 aliphatic carbocycles. The minimum absolute atomic E-state index is 0.0558. The fourth-order valence-corrected chi connectivity index (χ4v) is 4.23. The van der Waals surface area contributed by atoms with Crippen LogP contribution in [0, 0.1) is 0 Å². The molecule has 2 aliphatic heterocycles. The predicted octanol–water partition coefficient (Wildman–Crippen LogP) is 3.72. The van der Waals surface area contributed by atoms with Gasteiger partial charge in [0.15, 0.2) is 0 Å². The molecule has 2 aromatic rings. The van der Waals surface area contributed by atoms with Crippen molar-refractivity contribution in [3.63, 3.8) is 0 Å². The molecule has 2 aliphatic rings. The second kappa shape index (κ2) is 5.90. The summed E-state index contributed by atoms with van der Waals surface area (Å²) in [6.07, 6.45) is 4.21. The van der Waals surface area contributed by atoms with Gasteiger partial charge in [0, 0.05) is 11.1 Å². The molecular formula is C22H24N2O2. The Morgan fingerprint density at radius 1 is 1.19 bits per heavy atom. The number of para-hydroxylation sites is 1. The molecule has 2 aromatic carbocycles. The number of hydrogen-bond donors (Lipinski definition) is 1. The summed E-state index contributed by atoms with van der Waals surface area (Å²) in [5, 5.41) is 3.25. The van der Waals surface area contributed by atoms with Crippen molar-refractivity contribution in [3.05, 3.63) is 65.7 Å². The maximum Gasteiger partial charge on any atom is 0.241 e. The molecule has 1 unspecified atom stereocenters. The Morgan fingerprint density at radius 2 is 2.00 bits per heavy atom. The zero-order valence-corrected chi connectivity index (χ0v) is 15.5. The first-order valence-electron chi connectivity index (χ1n) is 9.08. The quantitative estimate of drug-likeness (QED) is 0.915. The van der Waals surface area contributed by atoms with Gasteiger partial charge in [-0.05, 0) is 42.3 Å². The van der Waals surface area contributed by atoms with Crippen molar-refractivity contribution in [1.82, 2.24) is 5.32 Å². The number of nitrogens with one attached hydrogen (secondary N) is 1. The number of benzene rings is 2. The Labute approximate surface area is 154 Å². The number of amides is 1. The van der Waals surface area contributed by atoms with E-state index < -0.39 is 5.66 Å². The summed E-state index contributed by atoms with van der Waals surface area (Å²) in [7, 11) is 0. The largest absolute Gasteiger partial charge is 0.494 e. The van der Waals surface area contributed by atoms with Crippen LogP contribution in [-0.2, 0) is 10.2 Å². The number of ether oxygens (including phenoxy) is 1. The third kappa shape index (κ3) is 2.32. The number of fused-ring (bicyclic) bond motifs is 3. The third-order valence-corrected chi connectivity index (χ3v) is 5.56. The van der Waals surface area contributed by atoms with Crippen molar-refractivity contribution in [3.8, 4) is 5.75 Å². The summed E-state index contributed by atoms with van der Waals surface area (Å²) in [5.41, 5.74) is 2.63. The van der Waals surface area contributed by atoms with E-state index in [1.165, 1.54) is 5.56 Å². The fourth-order valence-electron chi connectivity index (χ4n) is 4.23. The van der Waals surface area contributed by atoms with Crippen LogP contribution in [0.3, 0.4) is 0 Å². The number of rotatable bonds is 4. The number of carbonyl (C=O) groups excluding carboxylic acids is 1. The minimum atomic E-state index is -0.560. The van der Waals surface area contributed by atoms with Gasteiger partial charge in [0.05, 0.1) is 13.2 Å². The van der Waals surface area contributed by atoms with Gasteiger partial charge >= 0.3 is 0 Å². The van der Waals surface area contributed by atoms with Crippen LogP contribution < -0.4 is 15.0 Å². The topological polar surface area (TPSA) is 41.6 Å². The summed E-state index contributed by atoms with van der Waals surface area (Å²) in [6, 6.07) is 16.4. The lowest BCUT2D eigenvalue weighted by Crippen LogP contribution is -2.58. The molecule has 0 spiro atoms. The molecule has 26 heavy (non-hydrogen) atoms. The first-order valence-corrected chi connectivity index (χ1v) is 9.08. The molecule has 4 nitrogen and oxygen atoms in total. The zero-order valence-electron chi connectivity index (χ0n) is 15.5. The fraction of sp³-hybridized carbons (Fsp3) is 0.318. The van der Waals surface area contributed by atoms with E-state index in [2.05, 4.69) is 54.4 Å². The summed E-state index contributed by atoms with van der Waals surface area (Å²) >= 11 is 0. The lowest BCUT2D eigenvalue weighted by atomic mass is 9.75. The summed E-state index contributed by atoms with van der Waals surface area (Å²) in [5.74, 6) is 0.911. The van der Waals surface area contributed by atoms with E-state index in [4.69, 9.17) is 4.74 Å². The van der Waals surface area contributed by atoms with Gasteiger partial charge in [-0.15, -0.1) is 0 Å². The second-order valence-electron chi connectivity index (χ2n) is 7.38. The number of hydrogen-bond acceptors (Lipinski definition) is 3. The van der Waals surface area contributed by atoms with Crippen molar-refractivity contribution < 1.29 is 9.53 Å². The molecule has 1 N–H and O–H groups in total. The summed E-state index contributed by atoms with van der Waals surface area (Å²) < 4.78 is 5.60. The maximum atomic E-state index is 12.3. The van der Waals surface area contributed by atoms with Crippen LogP contribution in [0.25, 0.3) is 6.08 Å². The standard InChI is InChI=1S/C22H24N2O2/c1-4-26-17-9-7-8-16(14-17)12-13-22-21(2,3)18-10-5-6-11-19(18)24(22)15-20(25)23-22/h5-14H,4,15H2,1-3H3,(H,23,25)/b13-12+. The van der Waals surface area contributed by atoms with Gasteiger partial charge in [-0.25, -0.2) is 0 Å². The molecule has 1 saturated heterocycles. The van der Waals surface area contributed by atoms with E-state index in [0.717, 1.165) is 17.0 Å². The number of carbonyl (C=O) groups is 1. The van der Waals surface area contributed by atoms with Crippen LogP contribution in [0.5, 0.6) is 5.75 Å². The molecule has 0 saturated carbocycles. The molecule has 1 atom stereocenters. The molecule has 1 fully saturated rings. The van der Waals surface area contributed by atoms with E-state index in [1.807, 2.05) is 37.3 Å². The lowest BCUT2D eigenvalue weighted by Gasteiger charge is -2.40. The van der Waals surface area contributed by atoms with Crippen LogP contribution in [-0.4, -0.2) is 24.7 Å². The van der Waals surface area contributed by atoms with E-state index in [-0.39, 0.29) is 11.3 Å². The van der Waals surface area contributed by atoms with E-state index in [1.54, 1.807) is 0 Å². The highest BCUT2D eigenvalue weighted by atomic mass is 16.5. The Bertz CT molecular complexity index is 887. The van der Waals surface area contributed by atoms with Crippen LogP contribution >= 0.6 is 0 Å². The molecule has 2 heterocycles. The smallest absolute Gasteiger partial charge is 0.241 e. The molecule has 1 amide bonds. The van der Waals surface area contributed by atoms with Gasteiger partial charge in [0.25, 0.3) is 0 Å². The first-order chi connectivity index (χ1) is 12.5. The van der Waals surface area contributed by atoms with Crippen LogP contribution in [0.4, 0.5) is 5.69 Å². The second-order valence-corrected chi connectivity index (χ2v) is 7.38. The van der Waals surface area contributed by atoms with Gasteiger partial charge in [0.1, 0.15) is 11.4 Å². The molecular weight excluding hydrogens is 324 g/mol. The molecule has 0 aromatic heterocycles. The highest BCUT2D eigenvalue weighted by molar-refractivity contribution is 5.91. The van der Waals surface area contributed by atoms with E-state index >= 15 is 0 Å². The van der Waals surface area contributed by atoms with Crippen molar-refractivity contribution >= 4 is 17.7 Å². The Balaban J connectivity index is 1.76. The highest BCUT2D eigenvalue weighted by Gasteiger charge is 2.59. The maximum absolute atomic E-state index is 12.3. The SMILES string of the molecule is CCOc1cccc(/C=C/C23NC(=O)CN2c2ccccc2C3(C)C)c1. The number of anilines is 1. The number of nitrogens with zero attached hydrogens (tertiary/aromatic N) is 1. The van der Waals surface area contributed by atoms with Gasteiger partial charge in [-0.3, -0.25) is 4.79 Å².